The van der Waals surface area contributed by atoms with E-state index in [0.29, 0.717) is 6.54 Å². The molecule has 2 aromatic rings. The third kappa shape index (κ3) is 5.16. The summed E-state index contributed by atoms with van der Waals surface area (Å²) in [5, 5.41) is 1.66. The third-order valence-electron chi connectivity index (χ3n) is 4.90. The van der Waals surface area contributed by atoms with Gasteiger partial charge in [-0.15, -0.1) is 11.3 Å². The van der Waals surface area contributed by atoms with Gasteiger partial charge in [0.15, 0.2) is 6.61 Å². The predicted molar refractivity (Wildman–Crippen MR) is 111 cm³/mol. The van der Waals surface area contributed by atoms with Crippen molar-refractivity contribution in [2.24, 2.45) is 0 Å². The first-order valence-electron chi connectivity index (χ1n) is 9.54. The lowest BCUT2D eigenvalue weighted by molar-refractivity contribution is -0.138. The van der Waals surface area contributed by atoms with E-state index in [9.17, 15) is 18.0 Å². The number of piperidine rings is 1. The molecule has 1 aromatic carbocycles. The van der Waals surface area contributed by atoms with Gasteiger partial charge in [0.2, 0.25) is 0 Å². The average Bonchev–Trinajstić information content (AvgIpc) is 3.28. The van der Waals surface area contributed by atoms with E-state index in [-0.39, 0.29) is 34.0 Å². The minimum absolute atomic E-state index is 0.0612. The molecule has 2 heterocycles. The number of nitrogens with one attached hydrogen (secondary N) is 1. The second-order valence-corrected chi connectivity index (χ2v) is 9.66. The number of anilines is 1. The van der Waals surface area contributed by atoms with E-state index in [4.69, 9.17) is 4.74 Å². The highest BCUT2D eigenvalue weighted by Gasteiger charge is 2.26. The van der Waals surface area contributed by atoms with Gasteiger partial charge in [0.05, 0.1) is 11.3 Å². The number of hydrogen-bond acceptors (Lipinski definition) is 6. The summed E-state index contributed by atoms with van der Waals surface area (Å²) >= 11 is 1.08. The van der Waals surface area contributed by atoms with Gasteiger partial charge in [0.1, 0.15) is 4.21 Å². The average molecular weight is 437 g/mol. The number of esters is 1. The molecule has 1 saturated heterocycles. The first-order valence-corrected chi connectivity index (χ1v) is 11.9. The Morgan fingerprint density at radius 3 is 2.72 bits per heavy atom. The maximum absolute atomic E-state index is 12.6. The molecule has 1 aromatic heterocycles. The van der Waals surface area contributed by atoms with Crippen molar-refractivity contribution in [1.29, 1.82) is 0 Å². The number of amides is 1. The normalized spacial score (nSPS) is 17.0. The number of ether oxygens (including phenoxy) is 1. The van der Waals surface area contributed by atoms with Crippen molar-refractivity contribution < 1.29 is 22.7 Å². The highest BCUT2D eigenvalue weighted by atomic mass is 32.2. The van der Waals surface area contributed by atoms with E-state index in [0.717, 1.165) is 37.0 Å². The van der Waals surface area contributed by atoms with Crippen molar-refractivity contribution in [3.05, 3.63) is 47.3 Å². The van der Waals surface area contributed by atoms with Crippen LogP contribution in [-0.4, -0.2) is 44.4 Å². The van der Waals surface area contributed by atoms with Gasteiger partial charge in [-0.2, -0.15) is 0 Å². The molecule has 1 aliphatic heterocycles. The van der Waals surface area contributed by atoms with Crippen LogP contribution in [0.1, 0.15) is 43.0 Å². The topological polar surface area (TPSA) is 92.8 Å². The number of hydrogen-bond donors (Lipinski definition) is 1. The first-order chi connectivity index (χ1) is 13.9. The molecule has 1 amide bonds. The summed E-state index contributed by atoms with van der Waals surface area (Å²) in [5.74, 6) is -0.963. The Balaban J connectivity index is 1.68. The molecular formula is C20H24N2O5S2. The molecule has 29 heavy (non-hydrogen) atoms. The van der Waals surface area contributed by atoms with Crippen molar-refractivity contribution in [1.82, 2.24) is 4.90 Å². The zero-order valence-electron chi connectivity index (χ0n) is 16.2. The molecule has 156 valence electrons. The van der Waals surface area contributed by atoms with Crippen LogP contribution in [0.15, 0.2) is 46.0 Å². The minimum atomic E-state index is -3.80. The Kier molecular flexibility index (Phi) is 6.92. The monoisotopic (exact) mass is 436 g/mol. The Morgan fingerprint density at radius 2 is 2.00 bits per heavy atom. The highest BCUT2D eigenvalue weighted by molar-refractivity contribution is 7.94. The summed E-state index contributed by atoms with van der Waals surface area (Å²) in [6.45, 7) is 2.35. The van der Waals surface area contributed by atoms with Crippen LogP contribution >= 0.6 is 11.3 Å². The predicted octanol–water partition coefficient (Wildman–Crippen LogP) is 3.50. The van der Waals surface area contributed by atoms with Gasteiger partial charge in [-0.25, -0.2) is 13.2 Å². The van der Waals surface area contributed by atoms with Gasteiger partial charge in [-0.1, -0.05) is 25.1 Å². The van der Waals surface area contributed by atoms with Crippen LogP contribution in [0.2, 0.25) is 0 Å². The van der Waals surface area contributed by atoms with Crippen LogP contribution in [0.4, 0.5) is 5.69 Å². The number of nitrogens with zero attached hydrogens (tertiary/aromatic N) is 1. The smallest absolute Gasteiger partial charge is 0.340 e. The number of sulfonamides is 1. The summed E-state index contributed by atoms with van der Waals surface area (Å²) < 4.78 is 32.7. The maximum Gasteiger partial charge on any atom is 0.340 e. The molecule has 1 fully saturated rings. The van der Waals surface area contributed by atoms with Crippen molar-refractivity contribution in [3.8, 4) is 0 Å². The van der Waals surface area contributed by atoms with E-state index in [1.54, 1.807) is 28.5 Å². The number of para-hydroxylation sites is 1. The first kappa shape index (κ1) is 21.3. The standard InChI is InChI=1S/C20H24N2O5S2/c1-2-15-8-5-6-12-22(15)18(23)14-27-20(24)16-9-3-4-10-17(16)21-29(25,26)19-11-7-13-28-19/h3-4,7,9-11,13,15,21H,2,5-6,8,12,14H2,1H3/t15-/m0/s1. The van der Waals surface area contributed by atoms with Crippen molar-refractivity contribution in [2.45, 2.75) is 42.9 Å². The van der Waals surface area contributed by atoms with Crippen LogP contribution in [0.3, 0.4) is 0 Å². The number of thiophene rings is 1. The van der Waals surface area contributed by atoms with E-state index in [1.807, 2.05) is 6.92 Å². The van der Waals surface area contributed by atoms with Gasteiger partial charge in [-0.3, -0.25) is 9.52 Å². The van der Waals surface area contributed by atoms with E-state index in [2.05, 4.69) is 4.72 Å². The molecule has 7 nitrogen and oxygen atoms in total. The third-order valence-corrected chi connectivity index (χ3v) is 7.66. The summed E-state index contributed by atoms with van der Waals surface area (Å²) in [5.41, 5.74) is 0.175. The maximum atomic E-state index is 12.6. The number of benzene rings is 1. The van der Waals surface area contributed by atoms with Crippen LogP contribution in [0, 0.1) is 0 Å². The number of rotatable bonds is 7. The fourth-order valence-corrected chi connectivity index (χ4v) is 5.48. The second-order valence-electron chi connectivity index (χ2n) is 6.80. The van der Waals surface area contributed by atoms with Gasteiger partial charge >= 0.3 is 5.97 Å². The Morgan fingerprint density at radius 1 is 1.21 bits per heavy atom. The van der Waals surface area contributed by atoms with Crippen LogP contribution in [-0.2, 0) is 19.6 Å². The molecule has 0 bridgehead atoms. The Hall–Kier alpha value is -2.39. The van der Waals surface area contributed by atoms with E-state index in [1.165, 1.54) is 18.2 Å². The van der Waals surface area contributed by atoms with Crippen LogP contribution < -0.4 is 4.72 Å². The molecule has 0 spiro atoms. The Labute approximate surface area is 174 Å². The molecule has 0 saturated carbocycles. The van der Waals surface area contributed by atoms with Gasteiger partial charge in [0.25, 0.3) is 15.9 Å². The fraction of sp³-hybridized carbons (Fsp3) is 0.400. The molecule has 1 aliphatic rings. The summed E-state index contributed by atoms with van der Waals surface area (Å²) in [6.07, 6.45) is 3.87. The van der Waals surface area contributed by atoms with E-state index < -0.39 is 16.0 Å². The molecular weight excluding hydrogens is 412 g/mol. The second kappa shape index (κ2) is 9.41. The fourth-order valence-electron chi connectivity index (χ4n) is 3.40. The Bertz CT molecular complexity index is 957. The lowest BCUT2D eigenvalue weighted by atomic mass is 10.00. The number of likely N-dealkylation sites (tertiary alicyclic amines) is 1. The summed E-state index contributed by atoms with van der Waals surface area (Å²) in [4.78, 5) is 26.8. The van der Waals surface area contributed by atoms with Crippen molar-refractivity contribution >= 4 is 38.9 Å². The van der Waals surface area contributed by atoms with Gasteiger partial charge in [0, 0.05) is 12.6 Å². The molecule has 0 unspecified atom stereocenters. The van der Waals surface area contributed by atoms with Gasteiger partial charge in [-0.05, 0) is 49.3 Å². The SMILES string of the molecule is CC[C@H]1CCCCN1C(=O)COC(=O)c1ccccc1NS(=O)(=O)c1cccs1. The summed E-state index contributed by atoms with van der Waals surface area (Å²) in [7, 11) is -3.80. The molecule has 0 radical (unpaired) electrons. The van der Waals surface area contributed by atoms with Gasteiger partial charge < -0.3 is 9.64 Å². The largest absolute Gasteiger partial charge is 0.452 e. The molecule has 0 aliphatic carbocycles. The van der Waals surface area contributed by atoms with Crippen LogP contribution in [0.5, 0.6) is 0 Å². The van der Waals surface area contributed by atoms with Crippen molar-refractivity contribution in [2.75, 3.05) is 17.9 Å². The number of carbonyl (C=O) groups is 2. The molecule has 1 N–H and O–H groups in total. The lowest BCUT2D eigenvalue weighted by Gasteiger charge is -2.35. The molecule has 1 atom stereocenters. The highest BCUT2D eigenvalue weighted by Crippen LogP contribution is 2.24. The van der Waals surface area contributed by atoms with Crippen LogP contribution in [0.25, 0.3) is 0 Å². The minimum Gasteiger partial charge on any atom is -0.452 e. The van der Waals surface area contributed by atoms with E-state index >= 15 is 0 Å². The molecule has 3 rings (SSSR count). The lowest BCUT2D eigenvalue weighted by Crippen LogP contribution is -2.45. The summed E-state index contributed by atoms with van der Waals surface area (Å²) in [6, 6.07) is 9.48. The molecule has 9 heteroatoms. The quantitative estimate of drug-likeness (QED) is 0.671. The zero-order chi connectivity index (χ0) is 20.9. The number of carbonyl (C=O) groups excluding carboxylic acids is 2. The zero-order valence-corrected chi connectivity index (χ0v) is 17.8. The van der Waals surface area contributed by atoms with Crippen molar-refractivity contribution in [3.63, 3.8) is 0 Å².